The Bertz CT molecular complexity index is 749. The van der Waals surface area contributed by atoms with Gasteiger partial charge in [-0.2, -0.15) is 5.26 Å². The van der Waals surface area contributed by atoms with E-state index in [9.17, 15) is 8.42 Å². The molecule has 6 nitrogen and oxygen atoms in total. The van der Waals surface area contributed by atoms with Gasteiger partial charge in [-0.25, -0.2) is 13.4 Å². The van der Waals surface area contributed by atoms with Gasteiger partial charge in [0, 0.05) is 11.9 Å². The summed E-state index contributed by atoms with van der Waals surface area (Å²) in [5.74, 6) is 0.665. The van der Waals surface area contributed by atoms with E-state index in [-0.39, 0.29) is 5.88 Å². The minimum absolute atomic E-state index is 0.207. The summed E-state index contributed by atoms with van der Waals surface area (Å²) in [6.45, 7) is 0. The van der Waals surface area contributed by atoms with Crippen molar-refractivity contribution in [2.75, 3.05) is 11.0 Å². The van der Waals surface area contributed by atoms with E-state index in [0.717, 1.165) is 6.26 Å². The molecule has 0 aliphatic carbocycles. The number of nitriles is 1. The number of pyridine rings is 1. The van der Waals surface area contributed by atoms with E-state index in [2.05, 4.69) is 9.71 Å². The first kappa shape index (κ1) is 13.8. The van der Waals surface area contributed by atoms with Crippen molar-refractivity contribution in [2.45, 2.75) is 0 Å². The van der Waals surface area contributed by atoms with Gasteiger partial charge < -0.3 is 4.74 Å². The molecule has 0 saturated carbocycles. The maximum atomic E-state index is 11.1. The molecule has 0 bridgehead atoms. The van der Waals surface area contributed by atoms with Crippen molar-refractivity contribution in [2.24, 2.45) is 0 Å². The number of anilines is 1. The summed E-state index contributed by atoms with van der Waals surface area (Å²) in [7, 11) is -3.31. The SMILES string of the molecule is CS(=O)(=O)Nc1ccc(Oc2ncccc2C#N)cc1. The molecule has 0 radical (unpaired) electrons. The van der Waals surface area contributed by atoms with Gasteiger partial charge >= 0.3 is 0 Å². The van der Waals surface area contributed by atoms with Crippen LogP contribution in [0.4, 0.5) is 5.69 Å². The topological polar surface area (TPSA) is 92.1 Å². The Balaban J connectivity index is 2.17. The summed E-state index contributed by atoms with van der Waals surface area (Å²) < 4.78 is 30.0. The predicted molar refractivity (Wildman–Crippen MR) is 73.9 cm³/mol. The minimum atomic E-state index is -3.31. The van der Waals surface area contributed by atoms with Gasteiger partial charge in [0.2, 0.25) is 15.9 Å². The van der Waals surface area contributed by atoms with Gasteiger partial charge in [-0.1, -0.05) is 0 Å². The summed E-state index contributed by atoms with van der Waals surface area (Å²) in [6.07, 6.45) is 2.60. The number of nitrogens with one attached hydrogen (secondary N) is 1. The van der Waals surface area contributed by atoms with E-state index in [1.807, 2.05) is 6.07 Å². The maximum Gasteiger partial charge on any atom is 0.237 e. The van der Waals surface area contributed by atoms with Crippen LogP contribution in [0.1, 0.15) is 5.56 Å². The number of nitrogens with zero attached hydrogens (tertiary/aromatic N) is 2. The van der Waals surface area contributed by atoms with Crippen molar-refractivity contribution in [1.82, 2.24) is 4.98 Å². The standard InChI is InChI=1S/C13H11N3O3S/c1-20(17,18)16-11-4-6-12(7-5-11)19-13-10(9-14)3-2-8-15-13/h2-8,16H,1H3. The third-order valence-electron chi connectivity index (χ3n) is 2.26. The predicted octanol–water partition coefficient (Wildman–Crippen LogP) is 2.12. The lowest BCUT2D eigenvalue weighted by Crippen LogP contribution is -2.09. The molecule has 1 N–H and O–H groups in total. The zero-order valence-electron chi connectivity index (χ0n) is 10.6. The molecule has 102 valence electrons. The second-order valence-electron chi connectivity index (χ2n) is 3.97. The molecule has 0 fully saturated rings. The second kappa shape index (κ2) is 5.59. The fourth-order valence-electron chi connectivity index (χ4n) is 1.47. The van der Waals surface area contributed by atoms with Gasteiger partial charge in [-0.05, 0) is 36.4 Å². The van der Waals surface area contributed by atoms with E-state index in [4.69, 9.17) is 10.00 Å². The van der Waals surface area contributed by atoms with E-state index >= 15 is 0 Å². The highest BCUT2D eigenvalue weighted by Gasteiger charge is 2.06. The van der Waals surface area contributed by atoms with Crippen molar-refractivity contribution in [3.05, 3.63) is 48.2 Å². The van der Waals surface area contributed by atoms with Crippen LogP contribution in [-0.2, 0) is 10.0 Å². The molecule has 0 saturated heterocycles. The molecular formula is C13H11N3O3S. The van der Waals surface area contributed by atoms with Crippen molar-refractivity contribution in [1.29, 1.82) is 5.26 Å². The Hall–Kier alpha value is -2.59. The largest absolute Gasteiger partial charge is 0.438 e. The van der Waals surface area contributed by atoms with Gasteiger partial charge in [-0.15, -0.1) is 0 Å². The van der Waals surface area contributed by atoms with Crippen molar-refractivity contribution < 1.29 is 13.2 Å². The van der Waals surface area contributed by atoms with Crippen LogP contribution in [0.3, 0.4) is 0 Å². The first-order chi connectivity index (χ1) is 9.48. The molecule has 0 atom stereocenters. The van der Waals surface area contributed by atoms with Crippen LogP contribution in [0.2, 0.25) is 0 Å². The van der Waals surface area contributed by atoms with Crippen LogP contribution < -0.4 is 9.46 Å². The number of rotatable bonds is 4. The minimum Gasteiger partial charge on any atom is -0.438 e. The fraction of sp³-hybridized carbons (Fsp3) is 0.0769. The lowest BCUT2D eigenvalue weighted by atomic mass is 10.3. The number of benzene rings is 1. The van der Waals surface area contributed by atoms with Crippen molar-refractivity contribution >= 4 is 15.7 Å². The molecule has 1 aromatic carbocycles. The summed E-state index contributed by atoms with van der Waals surface area (Å²) in [5.41, 5.74) is 0.757. The van der Waals surface area contributed by atoms with Crippen LogP contribution in [0, 0.1) is 11.3 Å². The number of hydrogen-bond acceptors (Lipinski definition) is 5. The lowest BCUT2D eigenvalue weighted by molar-refractivity contribution is 0.461. The molecule has 1 aromatic heterocycles. The van der Waals surface area contributed by atoms with Gasteiger partial charge in [0.05, 0.1) is 6.26 Å². The second-order valence-corrected chi connectivity index (χ2v) is 5.72. The Morgan fingerprint density at radius 3 is 2.55 bits per heavy atom. The van der Waals surface area contributed by atoms with Crippen molar-refractivity contribution in [3.63, 3.8) is 0 Å². The Morgan fingerprint density at radius 2 is 1.95 bits per heavy atom. The Morgan fingerprint density at radius 1 is 1.25 bits per heavy atom. The van der Waals surface area contributed by atoms with E-state index in [1.54, 1.807) is 36.4 Å². The molecule has 2 aromatic rings. The Kier molecular flexibility index (Phi) is 3.86. The smallest absolute Gasteiger partial charge is 0.237 e. The lowest BCUT2D eigenvalue weighted by Gasteiger charge is -2.07. The molecule has 0 amide bonds. The average molecular weight is 289 g/mol. The highest BCUT2D eigenvalue weighted by molar-refractivity contribution is 7.92. The number of sulfonamides is 1. The molecule has 0 spiro atoms. The third kappa shape index (κ3) is 3.70. The van der Waals surface area contributed by atoms with Crippen molar-refractivity contribution in [3.8, 4) is 17.7 Å². The third-order valence-corrected chi connectivity index (χ3v) is 2.87. The van der Waals surface area contributed by atoms with Crippen LogP contribution in [-0.4, -0.2) is 19.7 Å². The molecule has 20 heavy (non-hydrogen) atoms. The first-order valence-electron chi connectivity index (χ1n) is 5.59. The molecular weight excluding hydrogens is 278 g/mol. The molecule has 1 heterocycles. The average Bonchev–Trinajstić information content (AvgIpc) is 2.40. The monoisotopic (exact) mass is 289 g/mol. The number of hydrogen-bond donors (Lipinski definition) is 1. The molecule has 0 aliphatic rings. The quantitative estimate of drug-likeness (QED) is 0.930. The number of aromatic nitrogens is 1. The highest BCUT2D eigenvalue weighted by Crippen LogP contribution is 2.23. The number of ether oxygens (including phenoxy) is 1. The van der Waals surface area contributed by atoms with Crippen LogP contribution in [0.5, 0.6) is 11.6 Å². The highest BCUT2D eigenvalue weighted by atomic mass is 32.2. The van der Waals surface area contributed by atoms with Gasteiger partial charge in [0.25, 0.3) is 0 Å². The summed E-state index contributed by atoms with van der Waals surface area (Å²) in [5, 5.41) is 8.92. The zero-order chi connectivity index (χ0) is 14.6. The normalized spacial score (nSPS) is 10.6. The summed E-state index contributed by atoms with van der Waals surface area (Å²) in [4.78, 5) is 3.97. The summed E-state index contributed by atoms with van der Waals surface area (Å²) in [6, 6.07) is 11.5. The van der Waals surface area contributed by atoms with Crippen LogP contribution in [0.15, 0.2) is 42.6 Å². The zero-order valence-corrected chi connectivity index (χ0v) is 11.4. The maximum absolute atomic E-state index is 11.1. The van der Waals surface area contributed by atoms with Gasteiger partial charge in [0.1, 0.15) is 17.4 Å². The molecule has 2 rings (SSSR count). The van der Waals surface area contributed by atoms with Crippen LogP contribution >= 0.6 is 0 Å². The molecule has 7 heteroatoms. The fourth-order valence-corrected chi connectivity index (χ4v) is 2.04. The summed E-state index contributed by atoms with van der Waals surface area (Å²) >= 11 is 0. The van der Waals surface area contributed by atoms with E-state index < -0.39 is 10.0 Å². The Labute approximate surface area is 116 Å². The van der Waals surface area contributed by atoms with Crippen LogP contribution in [0.25, 0.3) is 0 Å². The molecule has 0 aliphatic heterocycles. The van der Waals surface area contributed by atoms with Gasteiger partial charge in [0.15, 0.2) is 0 Å². The molecule has 0 unspecified atom stereocenters. The van der Waals surface area contributed by atoms with E-state index in [0.29, 0.717) is 17.0 Å². The van der Waals surface area contributed by atoms with E-state index in [1.165, 1.54) is 6.20 Å². The first-order valence-corrected chi connectivity index (χ1v) is 7.48. The van der Waals surface area contributed by atoms with Gasteiger partial charge in [-0.3, -0.25) is 4.72 Å².